The number of halogens is 2. The number of nitrogens with one attached hydrogen (secondary N) is 1. The third-order valence-electron chi connectivity index (χ3n) is 2.73. The second-order valence-electron chi connectivity index (χ2n) is 4.26. The Kier molecular flexibility index (Phi) is 5.14. The number of hydrogen-bond donors (Lipinski definition) is 1. The number of amides is 1. The fraction of sp³-hybridized carbons (Fsp3) is 0. The van der Waals surface area contributed by atoms with Crippen molar-refractivity contribution >= 4 is 46.6 Å². The number of nitro groups is 1. The summed E-state index contributed by atoms with van der Waals surface area (Å²) in [5.41, 5.74) is 0.472. The molecule has 0 atom stereocenters. The van der Waals surface area contributed by atoms with Crippen molar-refractivity contribution in [2.24, 2.45) is 0 Å². The van der Waals surface area contributed by atoms with Crippen LogP contribution in [0.25, 0.3) is 6.08 Å². The topological polar surface area (TPSA) is 72.2 Å². The number of nitro benzene ring substituents is 1. The van der Waals surface area contributed by atoms with Crippen LogP contribution in [0.5, 0.6) is 0 Å². The van der Waals surface area contributed by atoms with Crippen LogP contribution < -0.4 is 5.32 Å². The average molecular weight is 337 g/mol. The zero-order valence-electron chi connectivity index (χ0n) is 11.1. The molecule has 112 valence electrons. The molecule has 22 heavy (non-hydrogen) atoms. The number of anilines is 1. The average Bonchev–Trinajstić information content (AvgIpc) is 2.48. The second kappa shape index (κ2) is 7.06. The molecule has 2 aromatic carbocycles. The molecule has 0 aliphatic carbocycles. The highest BCUT2D eigenvalue weighted by Crippen LogP contribution is 2.27. The van der Waals surface area contributed by atoms with Crippen LogP contribution in [0.2, 0.25) is 10.0 Å². The molecule has 0 aliphatic rings. The van der Waals surface area contributed by atoms with Gasteiger partial charge in [-0.05, 0) is 29.8 Å². The van der Waals surface area contributed by atoms with Crippen molar-refractivity contribution in [2.75, 3.05) is 5.32 Å². The molecule has 7 heteroatoms. The molecule has 0 radical (unpaired) electrons. The molecule has 0 saturated heterocycles. The summed E-state index contributed by atoms with van der Waals surface area (Å²) in [4.78, 5) is 22.2. The Morgan fingerprint density at radius 2 is 1.91 bits per heavy atom. The molecular weight excluding hydrogens is 327 g/mol. The van der Waals surface area contributed by atoms with E-state index in [2.05, 4.69) is 5.32 Å². The zero-order valence-corrected chi connectivity index (χ0v) is 12.6. The van der Waals surface area contributed by atoms with Gasteiger partial charge >= 0.3 is 0 Å². The standard InChI is InChI=1S/C15H10Cl2N2O3/c16-11-6-7-13(14(9-11)19(21)22)18-15(20)8-5-10-3-1-2-4-12(10)17/h1-9H,(H,18,20)/b8-5+. The van der Waals surface area contributed by atoms with Gasteiger partial charge in [-0.15, -0.1) is 0 Å². The van der Waals surface area contributed by atoms with Gasteiger partial charge in [0.2, 0.25) is 5.91 Å². The maximum atomic E-state index is 11.9. The van der Waals surface area contributed by atoms with E-state index in [1.165, 1.54) is 30.4 Å². The fourth-order valence-corrected chi connectivity index (χ4v) is 2.08. The highest BCUT2D eigenvalue weighted by Gasteiger charge is 2.15. The van der Waals surface area contributed by atoms with Gasteiger partial charge in [0.15, 0.2) is 0 Å². The van der Waals surface area contributed by atoms with E-state index >= 15 is 0 Å². The SMILES string of the molecule is O=C(/C=C/c1ccccc1Cl)Nc1ccc(Cl)cc1[N+](=O)[O-]. The summed E-state index contributed by atoms with van der Waals surface area (Å²) < 4.78 is 0. The van der Waals surface area contributed by atoms with Gasteiger partial charge in [0.25, 0.3) is 5.69 Å². The van der Waals surface area contributed by atoms with Crippen molar-refractivity contribution in [3.05, 3.63) is 74.3 Å². The van der Waals surface area contributed by atoms with Gasteiger partial charge in [-0.3, -0.25) is 14.9 Å². The minimum atomic E-state index is -0.612. The Morgan fingerprint density at radius 3 is 2.59 bits per heavy atom. The van der Waals surface area contributed by atoms with Gasteiger partial charge < -0.3 is 5.32 Å². The first-order chi connectivity index (χ1) is 10.5. The lowest BCUT2D eigenvalue weighted by atomic mass is 10.2. The van der Waals surface area contributed by atoms with E-state index in [9.17, 15) is 14.9 Å². The highest BCUT2D eigenvalue weighted by molar-refractivity contribution is 6.32. The zero-order chi connectivity index (χ0) is 16.1. The van der Waals surface area contributed by atoms with Gasteiger partial charge in [0.05, 0.1) is 4.92 Å². The van der Waals surface area contributed by atoms with Crippen molar-refractivity contribution in [2.45, 2.75) is 0 Å². The summed E-state index contributed by atoms with van der Waals surface area (Å²) in [6.45, 7) is 0. The smallest absolute Gasteiger partial charge is 0.294 e. The molecule has 2 aromatic rings. The van der Waals surface area contributed by atoms with Crippen molar-refractivity contribution in [3.8, 4) is 0 Å². The Hall–Kier alpha value is -2.37. The lowest BCUT2D eigenvalue weighted by molar-refractivity contribution is -0.383. The Bertz CT molecular complexity index is 760. The predicted octanol–water partition coefficient (Wildman–Crippen LogP) is 4.55. The molecule has 1 N–H and O–H groups in total. The quantitative estimate of drug-likeness (QED) is 0.505. The summed E-state index contributed by atoms with van der Waals surface area (Å²) in [5, 5.41) is 14.1. The maximum absolute atomic E-state index is 11.9. The largest absolute Gasteiger partial charge is 0.317 e. The summed E-state index contributed by atoms with van der Waals surface area (Å²) >= 11 is 11.7. The minimum absolute atomic E-state index is 0.0724. The summed E-state index contributed by atoms with van der Waals surface area (Å²) in [7, 11) is 0. The van der Waals surface area contributed by atoms with E-state index in [-0.39, 0.29) is 16.4 Å². The van der Waals surface area contributed by atoms with Gasteiger partial charge in [-0.1, -0.05) is 41.4 Å². The summed E-state index contributed by atoms with van der Waals surface area (Å²) in [6, 6.07) is 11.0. The molecule has 0 saturated carbocycles. The Balaban J connectivity index is 2.16. The molecule has 1 amide bonds. The number of carbonyl (C=O) groups is 1. The predicted molar refractivity (Wildman–Crippen MR) is 87.2 cm³/mol. The molecule has 0 heterocycles. The van der Waals surface area contributed by atoms with Gasteiger partial charge in [0.1, 0.15) is 5.69 Å². The molecule has 0 unspecified atom stereocenters. The van der Waals surface area contributed by atoms with Crippen molar-refractivity contribution in [1.82, 2.24) is 0 Å². The molecular formula is C15H10Cl2N2O3. The van der Waals surface area contributed by atoms with Crippen LogP contribution >= 0.6 is 23.2 Å². The maximum Gasteiger partial charge on any atom is 0.294 e. The number of nitrogens with zero attached hydrogens (tertiary/aromatic N) is 1. The Morgan fingerprint density at radius 1 is 1.18 bits per heavy atom. The van der Waals surface area contributed by atoms with Crippen LogP contribution in [-0.4, -0.2) is 10.8 Å². The van der Waals surface area contributed by atoms with E-state index in [4.69, 9.17) is 23.2 Å². The van der Waals surface area contributed by atoms with Crippen LogP contribution in [0.4, 0.5) is 11.4 Å². The molecule has 0 bridgehead atoms. The first-order valence-corrected chi connectivity index (χ1v) is 6.90. The van der Waals surface area contributed by atoms with Crippen molar-refractivity contribution in [1.29, 1.82) is 0 Å². The van der Waals surface area contributed by atoms with Crippen molar-refractivity contribution < 1.29 is 9.72 Å². The summed E-state index contributed by atoms with van der Waals surface area (Å²) in [6.07, 6.45) is 2.78. The molecule has 0 aromatic heterocycles. The van der Waals surface area contributed by atoms with Crippen LogP contribution in [0.15, 0.2) is 48.5 Å². The van der Waals surface area contributed by atoms with Gasteiger partial charge in [-0.2, -0.15) is 0 Å². The van der Waals surface area contributed by atoms with Gasteiger partial charge in [-0.25, -0.2) is 0 Å². The summed E-state index contributed by atoms with van der Waals surface area (Å²) in [5.74, 6) is -0.509. The lowest BCUT2D eigenvalue weighted by Crippen LogP contribution is -2.09. The van der Waals surface area contributed by atoms with Crippen LogP contribution in [0.3, 0.4) is 0 Å². The highest BCUT2D eigenvalue weighted by atomic mass is 35.5. The second-order valence-corrected chi connectivity index (χ2v) is 5.11. The fourth-order valence-electron chi connectivity index (χ4n) is 1.71. The monoisotopic (exact) mass is 336 g/mol. The van der Waals surface area contributed by atoms with E-state index in [0.717, 1.165) is 0 Å². The first-order valence-electron chi connectivity index (χ1n) is 6.15. The number of hydrogen-bond acceptors (Lipinski definition) is 3. The Labute approximate surface area is 136 Å². The normalized spacial score (nSPS) is 10.6. The third-order valence-corrected chi connectivity index (χ3v) is 3.31. The molecule has 0 fully saturated rings. The third kappa shape index (κ3) is 4.07. The van der Waals surface area contributed by atoms with Crippen LogP contribution in [0.1, 0.15) is 5.56 Å². The van der Waals surface area contributed by atoms with E-state index in [1.54, 1.807) is 24.3 Å². The molecule has 0 spiro atoms. The minimum Gasteiger partial charge on any atom is -0.317 e. The van der Waals surface area contributed by atoms with Crippen LogP contribution in [0, 0.1) is 10.1 Å². The van der Waals surface area contributed by atoms with E-state index < -0.39 is 10.8 Å². The van der Waals surface area contributed by atoms with Crippen LogP contribution in [-0.2, 0) is 4.79 Å². The molecule has 2 rings (SSSR count). The van der Waals surface area contributed by atoms with E-state index in [0.29, 0.717) is 10.6 Å². The van der Waals surface area contributed by atoms with E-state index in [1.807, 2.05) is 0 Å². The molecule has 5 nitrogen and oxygen atoms in total. The van der Waals surface area contributed by atoms with Gasteiger partial charge in [0, 0.05) is 22.2 Å². The first kappa shape index (κ1) is 16.0. The number of carbonyl (C=O) groups excluding carboxylic acids is 1. The lowest BCUT2D eigenvalue weighted by Gasteiger charge is -2.04. The van der Waals surface area contributed by atoms with Crippen molar-refractivity contribution in [3.63, 3.8) is 0 Å². The molecule has 0 aliphatic heterocycles. The number of rotatable bonds is 4. The number of benzene rings is 2.